The molecule has 0 aromatic heterocycles. The third-order valence-corrected chi connectivity index (χ3v) is 4.56. The first-order chi connectivity index (χ1) is 13.6. The summed E-state index contributed by atoms with van der Waals surface area (Å²) in [7, 11) is 0. The lowest BCUT2D eigenvalue weighted by Crippen LogP contribution is -2.48. The first-order valence-corrected chi connectivity index (χ1v) is 9.59. The number of hydrogen-bond acceptors (Lipinski definition) is 2. The Balaban J connectivity index is 1.68. The van der Waals surface area contributed by atoms with Crippen LogP contribution in [0.2, 0.25) is 0 Å². The molecule has 3 aromatic carbocycles. The van der Waals surface area contributed by atoms with Gasteiger partial charge in [-0.15, -0.1) is 0 Å². The minimum atomic E-state index is -0.478. The molecule has 1 N–H and O–H groups in total. The highest BCUT2D eigenvalue weighted by Crippen LogP contribution is 2.25. The molecule has 3 aromatic rings. The van der Waals surface area contributed by atoms with Crippen LogP contribution >= 0.6 is 0 Å². The Morgan fingerprint density at radius 2 is 1.29 bits per heavy atom. The molecule has 0 unspecified atom stereocenters. The van der Waals surface area contributed by atoms with E-state index < -0.39 is 5.54 Å². The summed E-state index contributed by atoms with van der Waals surface area (Å²) in [5.74, 6) is -0.374. The molecule has 3 rings (SSSR count). The van der Waals surface area contributed by atoms with Crippen molar-refractivity contribution >= 4 is 5.91 Å². The van der Waals surface area contributed by atoms with Gasteiger partial charge in [0.05, 0.1) is 24.7 Å². The number of carbonyl (C=O) groups excluding carboxylic acids is 1. The monoisotopic (exact) mass is 373 g/mol. The molecule has 3 heteroatoms. The number of benzene rings is 3. The molecular weight excluding hydrogens is 346 g/mol. The number of carbonyl (C=O) groups is 1. The number of hydrogen-bond donors (Lipinski definition) is 1. The Kier molecular flexibility index (Phi) is 6.62. The number of nitrogens with one attached hydrogen (secondary N) is 1. The summed E-state index contributed by atoms with van der Waals surface area (Å²) < 4.78 is 5.86. The number of ether oxygens (including phenoxy) is 1. The molecule has 28 heavy (non-hydrogen) atoms. The van der Waals surface area contributed by atoms with E-state index in [1.54, 1.807) is 0 Å². The molecule has 3 nitrogen and oxygen atoms in total. The molecule has 0 bridgehead atoms. The smallest absolute Gasteiger partial charge is 0.232 e. The van der Waals surface area contributed by atoms with Gasteiger partial charge in [-0.3, -0.25) is 4.79 Å². The molecule has 0 aliphatic carbocycles. The summed E-state index contributed by atoms with van der Waals surface area (Å²) in [6, 6.07) is 29.8. The predicted octanol–water partition coefficient (Wildman–Crippen LogP) is 4.93. The zero-order valence-corrected chi connectivity index (χ0v) is 16.5. The predicted molar refractivity (Wildman–Crippen MR) is 113 cm³/mol. The Morgan fingerprint density at radius 1 is 0.821 bits per heavy atom. The molecule has 0 heterocycles. The number of rotatable bonds is 8. The van der Waals surface area contributed by atoms with Gasteiger partial charge in [-0.05, 0) is 30.5 Å². The van der Waals surface area contributed by atoms with Gasteiger partial charge < -0.3 is 10.1 Å². The Morgan fingerprint density at radius 3 is 1.79 bits per heavy atom. The number of amides is 1. The molecule has 0 aliphatic rings. The van der Waals surface area contributed by atoms with Crippen molar-refractivity contribution in [2.24, 2.45) is 0 Å². The average Bonchev–Trinajstić information content (AvgIpc) is 2.70. The van der Waals surface area contributed by atoms with Crippen LogP contribution in [-0.2, 0) is 16.1 Å². The van der Waals surface area contributed by atoms with Gasteiger partial charge in [0.1, 0.15) is 0 Å². The van der Waals surface area contributed by atoms with Crippen LogP contribution in [0.5, 0.6) is 0 Å². The van der Waals surface area contributed by atoms with Gasteiger partial charge in [-0.2, -0.15) is 0 Å². The first kappa shape index (κ1) is 19.8. The van der Waals surface area contributed by atoms with Gasteiger partial charge in [0.15, 0.2) is 0 Å². The van der Waals surface area contributed by atoms with Gasteiger partial charge >= 0.3 is 0 Å². The van der Waals surface area contributed by atoms with Gasteiger partial charge in [-0.25, -0.2) is 0 Å². The lowest BCUT2D eigenvalue weighted by molar-refractivity contribution is -0.124. The standard InChI is InChI=1S/C25H27NO2/c1-25(2,19-28-18-20-12-6-3-7-13-20)26-24(27)23(21-14-8-4-9-15-21)22-16-10-5-11-17-22/h3-17,23H,18-19H2,1-2H3,(H,26,27). The molecule has 144 valence electrons. The lowest BCUT2D eigenvalue weighted by atomic mass is 9.89. The average molecular weight is 373 g/mol. The quantitative estimate of drug-likeness (QED) is 0.608. The Hall–Kier alpha value is -2.91. The van der Waals surface area contributed by atoms with Gasteiger partial charge in [0.2, 0.25) is 5.91 Å². The van der Waals surface area contributed by atoms with Crippen LogP contribution in [0, 0.1) is 0 Å². The molecule has 0 aliphatic heterocycles. The van der Waals surface area contributed by atoms with E-state index in [0.29, 0.717) is 13.2 Å². The molecule has 0 saturated carbocycles. The zero-order valence-electron chi connectivity index (χ0n) is 16.5. The van der Waals surface area contributed by atoms with E-state index in [2.05, 4.69) is 5.32 Å². The van der Waals surface area contributed by atoms with E-state index in [0.717, 1.165) is 16.7 Å². The van der Waals surface area contributed by atoms with Crippen LogP contribution in [-0.4, -0.2) is 18.1 Å². The maximum Gasteiger partial charge on any atom is 0.232 e. The third kappa shape index (κ3) is 5.54. The van der Waals surface area contributed by atoms with Crippen LogP contribution in [0.15, 0.2) is 91.0 Å². The largest absolute Gasteiger partial charge is 0.374 e. The van der Waals surface area contributed by atoms with E-state index in [1.807, 2.05) is 105 Å². The van der Waals surface area contributed by atoms with Crippen LogP contribution in [0.25, 0.3) is 0 Å². The van der Waals surface area contributed by atoms with E-state index in [-0.39, 0.29) is 11.8 Å². The highest BCUT2D eigenvalue weighted by molar-refractivity contribution is 5.87. The molecule has 0 spiro atoms. The highest BCUT2D eigenvalue weighted by Gasteiger charge is 2.28. The minimum absolute atomic E-state index is 0.0225. The van der Waals surface area contributed by atoms with E-state index in [1.165, 1.54) is 0 Å². The van der Waals surface area contributed by atoms with Gasteiger partial charge in [0, 0.05) is 0 Å². The van der Waals surface area contributed by atoms with E-state index in [9.17, 15) is 4.79 Å². The van der Waals surface area contributed by atoms with E-state index >= 15 is 0 Å². The zero-order chi connectivity index (χ0) is 19.8. The summed E-state index contributed by atoms with van der Waals surface area (Å²) in [5, 5.41) is 3.18. The molecule has 0 saturated heterocycles. The normalized spacial score (nSPS) is 11.4. The van der Waals surface area contributed by atoms with Gasteiger partial charge in [0.25, 0.3) is 0 Å². The summed E-state index contributed by atoms with van der Waals surface area (Å²) in [5.41, 5.74) is 2.60. The van der Waals surface area contributed by atoms with Crippen LogP contribution in [0.4, 0.5) is 0 Å². The summed E-state index contributed by atoms with van der Waals surface area (Å²) in [6.07, 6.45) is 0. The second-order valence-electron chi connectivity index (χ2n) is 7.61. The molecule has 0 atom stereocenters. The topological polar surface area (TPSA) is 38.3 Å². The fourth-order valence-corrected chi connectivity index (χ4v) is 3.23. The summed E-state index contributed by atoms with van der Waals surface area (Å²) in [4.78, 5) is 13.2. The fourth-order valence-electron chi connectivity index (χ4n) is 3.23. The highest BCUT2D eigenvalue weighted by atomic mass is 16.5. The molecule has 0 fully saturated rings. The van der Waals surface area contributed by atoms with Crippen molar-refractivity contribution in [3.63, 3.8) is 0 Å². The van der Waals surface area contributed by atoms with Crippen molar-refractivity contribution in [2.75, 3.05) is 6.61 Å². The summed E-state index contributed by atoms with van der Waals surface area (Å²) >= 11 is 0. The second-order valence-corrected chi connectivity index (χ2v) is 7.61. The van der Waals surface area contributed by atoms with E-state index in [4.69, 9.17) is 4.74 Å². The Bertz CT molecular complexity index is 821. The van der Waals surface area contributed by atoms with Crippen molar-refractivity contribution in [2.45, 2.75) is 31.9 Å². The Labute approximate surface area is 167 Å². The van der Waals surface area contributed by atoms with Crippen molar-refractivity contribution in [1.29, 1.82) is 0 Å². The first-order valence-electron chi connectivity index (χ1n) is 9.59. The van der Waals surface area contributed by atoms with Crippen LogP contribution in [0.3, 0.4) is 0 Å². The van der Waals surface area contributed by atoms with Crippen LogP contribution < -0.4 is 5.32 Å². The van der Waals surface area contributed by atoms with Crippen molar-refractivity contribution in [1.82, 2.24) is 5.32 Å². The fraction of sp³-hybridized carbons (Fsp3) is 0.240. The summed E-state index contributed by atoms with van der Waals surface area (Å²) in [6.45, 7) is 4.94. The van der Waals surface area contributed by atoms with Crippen molar-refractivity contribution in [3.8, 4) is 0 Å². The maximum atomic E-state index is 13.2. The van der Waals surface area contributed by atoms with Crippen molar-refractivity contribution in [3.05, 3.63) is 108 Å². The van der Waals surface area contributed by atoms with Gasteiger partial charge in [-0.1, -0.05) is 91.0 Å². The third-order valence-electron chi connectivity index (χ3n) is 4.56. The SMILES string of the molecule is CC(C)(COCc1ccccc1)NC(=O)C(c1ccccc1)c1ccccc1. The lowest BCUT2D eigenvalue weighted by Gasteiger charge is -2.29. The molecule has 1 amide bonds. The minimum Gasteiger partial charge on any atom is -0.374 e. The molecular formula is C25H27NO2. The second kappa shape index (κ2) is 9.34. The maximum absolute atomic E-state index is 13.2. The molecule has 0 radical (unpaired) electrons. The van der Waals surface area contributed by atoms with Crippen LogP contribution in [0.1, 0.15) is 36.5 Å². The van der Waals surface area contributed by atoms with Crippen molar-refractivity contribution < 1.29 is 9.53 Å².